The molecule has 0 rings (SSSR count). The van der Waals surface area contributed by atoms with Crippen molar-refractivity contribution >= 4 is 0 Å². The first-order valence-electron chi connectivity index (χ1n) is 3.08. The lowest BCUT2D eigenvalue weighted by atomic mass is 10.0. The van der Waals surface area contributed by atoms with Crippen molar-refractivity contribution in [3.05, 3.63) is 0 Å². The number of nitrogens with two attached hydrogens (primary N) is 1. The van der Waals surface area contributed by atoms with E-state index in [1.54, 1.807) is 0 Å². The molecule has 0 radical (unpaired) electrons. The molecule has 8 heavy (non-hydrogen) atoms. The monoisotopic (exact) mass is 117 g/mol. The third-order valence-corrected chi connectivity index (χ3v) is 1.59. The zero-order valence-corrected chi connectivity index (χ0v) is 5.59. The molecule has 0 saturated heterocycles. The van der Waals surface area contributed by atoms with Crippen molar-refractivity contribution in [3.63, 3.8) is 0 Å². The molecule has 0 amide bonds. The molecule has 0 fully saturated rings. The Labute approximate surface area is 50.7 Å². The molecular weight excluding hydrogens is 102 g/mol. The molecule has 1 unspecified atom stereocenters. The maximum Gasteiger partial charge on any atom is 0.0585 e. The van der Waals surface area contributed by atoms with Crippen molar-refractivity contribution in [2.45, 2.75) is 26.3 Å². The molecule has 0 heterocycles. The van der Waals surface area contributed by atoms with Crippen molar-refractivity contribution < 1.29 is 5.11 Å². The van der Waals surface area contributed by atoms with Gasteiger partial charge in [-0.1, -0.05) is 20.3 Å². The van der Waals surface area contributed by atoms with Crippen LogP contribution in [0, 0.1) is 5.92 Å². The maximum absolute atomic E-state index is 8.51. The maximum atomic E-state index is 8.51. The second-order valence-electron chi connectivity index (χ2n) is 2.23. The van der Waals surface area contributed by atoms with Crippen LogP contribution in [-0.4, -0.2) is 17.8 Å². The van der Waals surface area contributed by atoms with Gasteiger partial charge in [0.05, 0.1) is 6.61 Å². The van der Waals surface area contributed by atoms with E-state index in [4.69, 9.17) is 10.8 Å². The van der Waals surface area contributed by atoms with Crippen LogP contribution in [0.4, 0.5) is 0 Å². The Morgan fingerprint density at radius 2 is 2.12 bits per heavy atom. The molecule has 0 spiro atoms. The van der Waals surface area contributed by atoms with E-state index in [0.717, 1.165) is 6.42 Å². The predicted octanol–water partition coefficient (Wildman–Crippen LogP) is 0.352. The topological polar surface area (TPSA) is 46.2 Å². The molecule has 0 aliphatic heterocycles. The Balaban J connectivity index is 3.29. The molecule has 3 N–H and O–H groups in total. The summed E-state index contributed by atoms with van der Waals surface area (Å²) in [6.45, 7) is 4.22. The number of rotatable bonds is 3. The van der Waals surface area contributed by atoms with Crippen molar-refractivity contribution in [3.8, 4) is 0 Å². The van der Waals surface area contributed by atoms with Crippen molar-refractivity contribution in [1.82, 2.24) is 0 Å². The van der Waals surface area contributed by atoms with E-state index < -0.39 is 0 Å². The lowest BCUT2D eigenvalue weighted by molar-refractivity contribution is 0.230. The van der Waals surface area contributed by atoms with Crippen LogP contribution in [0.15, 0.2) is 0 Å². The van der Waals surface area contributed by atoms with E-state index in [1.165, 1.54) is 0 Å². The molecule has 0 aromatic rings. The SMILES string of the molecule is CC[C@H](C)C(N)CO. The lowest BCUT2D eigenvalue weighted by Gasteiger charge is -2.14. The quantitative estimate of drug-likeness (QED) is 0.560. The summed E-state index contributed by atoms with van der Waals surface area (Å²) in [6, 6.07) is -0.0278. The van der Waals surface area contributed by atoms with Crippen LogP contribution in [0.2, 0.25) is 0 Å². The smallest absolute Gasteiger partial charge is 0.0585 e. The average molecular weight is 117 g/mol. The summed E-state index contributed by atoms with van der Waals surface area (Å²) in [6.07, 6.45) is 1.04. The minimum Gasteiger partial charge on any atom is -0.395 e. The van der Waals surface area contributed by atoms with Gasteiger partial charge in [0, 0.05) is 6.04 Å². The fourth-order valence-corrected chi connectivity index (χ4v) is 0.483. The second-order valence-corrected chi connectivity index (χ2v) is 2.23. The van der Waals surface area contributed by atoms with Gasteiger partial charge >= 0.3 is 0 Å². The van der Waals surface area contributed by atoms with Gasteiger partial charge in [-0.05, 0) is 5.92 Å². The van der Waals surface area contributed by atoms with Crippen LogP contribution in [0.3, 0.4) is 0 Å². The summed E-state index contributed by atoms with van der Waals surface area (Å²) >= 11 is 0. The summed E-state index contributed by atoms with van der Waals surface area (Å²) in [4.78, 5) is 0. The molecule has 0 aromatic heterocycles. The van der Waals surface area contributed by atoms with Crippen molar-refractivity contribution in [2.24, 2.45) is 11.7 Å². The first-order valence-corrected chi connectivity index (χ1v) is 3.08. The summed E-state index contributed by atoms with van der Waals surface area (Å²) < 4.78 is 0. The molecule has 2 heteroatoms. The first kappa shape index (κ1) is 7.92. The summed E-state index contributed by atoms with van der Waals surface area (Å²) in [5, 5.41) is 8.51. The fraction of sp³-hybridized carbons (Fsp3) is 1.00. The molecule has 2 nitrogen and oxygen atoms in total. The van der Waals surface area contributed by atoms with Gasteiger partial charge in [-0.3, -0.25) is 0 Å². The highest BCUT2D eigenvalue weighted by Gasteiger charge is 2.07. The molecule has 0 saturated carbocycles. The summed E-state index contributed by atoms with van der Waals surface area (Å²) in [5.41, 5.74) is 5.48. The van der Waals surface area contributed by atoms with E-state index in [2.05, 4.69) is 6.92 Å². The second kappa shape index (κ2) is 3.87. The molecule has 0 aromatic carbocycles. The molecule has 0 aliphatic rings. The van der Waals surface area contributed by atoms with Crippen LogP contribution in [0.25, 0.3) is 0 Å². The molecular formula is C6H15NO. The van der Waals surface area contributed by atoms with Gasteiger partial charge in [-0.25, -0.2) is 0 Å². The minimum absolute atomic E-state index is 0.0278. The van der Waals surface area contributed by atoms with Crippen molar-refractivity contribution in [1.29, 1.82) is 0 Å². The van der Waals surface area contributed by atoms with E-state index >= 15 is 0 Å². The highest BCUT2D eigenvalue weighted by atomic mass is 16.3. The van der Waals surface area contributed by atoms with Crippen LogP contribution in [0.5, 0.6) is 0 Å². The third kappa shape index (κ3) is 2.28. The number of hydrogen-bond acceptors (Lipinski definition) is 2. The van der Waals surface area contributed by atoms with Gasteiger partial charge in [0.1, 0.15) is 0 Å². The van der Waals surface area contributed by atoms with E-state index in [0.29, 0.717) is 5.92 Å². The summed E-state index contributed by atoms with van der Waals surface area (Å²) in [5.74, 6) is 0.444. The number of aliphatic hydroxyl groups is 1. The van der Waals surface area contributed by atoms with Crippen LogP contribution < -0.4 is 5.73 Å². The number of aliphatic hydroxyl groups excluding tert-OH is 1. The average Bonchev–Trinajstić information content (AvgIpc) is 1.84. The zero-order valence-electron chi connectivity index (χ0n) is 5.59. The summed E-state index contributed by atoms with van der Waals surface area (Å²) in [7, 11) is 0. The predicted molar refractivity (Wildman–Crippen MR) is 34.5 cm³/mol. The van der Waals surface area contributed by atoms with Crippen LogP contribution in [-0.2, 0) is 0 Å². The lowest BCUT2D eigenvalue weighted by Crippen LogP contribution is -2.31. The standard InChI is InChI=1S/C6H15NO/c1-3-5(2)6(7)4-8/h5-6,8H,3-4,7H2,1-2H3/t5-,6?/m0/s1. The zero-order chi connectivity index (χ0) is 6.57. The van der Waals surface area contributed by atoms with Gasteiger partial charge in [0.15, 0.2) is 0 Å². The van der Waals surface area contributed by atoms with Gasteiger partial charge in [0.25, 0.3) is 0 Å². The third-order valence-electron chi connectivity index (χ3n) is 1.59. The fourth-order valence-electron chi connectivity index (χ4n) is 0.483. The van der Waals surface area contributed by atoms with Gasteiger partial charge in [-0.15, -0.1) is 0 Å². The van der Waals surface area contributed by atoms with E-state index in [9.17, 15) is 0 Å². The van der Waals surface area contributed by atoms with Gasteiger partial charge in [0.2, 0.25) is 0 Å². The normalized spacial score (nSPS) is 18.0. The minimum atomic E-state index is -0.0278. The molecule has 0 aliphatic carbocycles. The van der Waals surface area contributed by atoms with E-state index in [1.807, 2.05) is 6.92 Å². The first-order chi connectivity index (χ1) is 3.72. The Morgan fingerprint density at radius 1 is 1.62 bits per heavy atom. The Morgan fingerprint density at radius 3 is 2.25 bits per heavy atom. The number of hydrogen-bond donors (Lipinski definition) is 2. The molecule has 2 atom stereocenters. The highest BCUT2D eigenvalue weighted by Crippen LogP contribution is 2.03. The largest absolute Gasteiger partial charge is 0.395 e. The van der Waals surface area contributed by atoms with Crippen LogP contribution >= 0.6 is 0 Å². The van der Waals surface area contributed by atoms with Gasteiger partial charge in [-0.2, -0.15) is 0 Å². The molecule has 0 bridgehead atoms. The van der Waals surface area contributed by atoms with Crippen molar-refractivity contribution in [2.75, 3.05) is 6.61 Å². The highest BCUT2D eigenvalue weighted by molar-refractivity contribution is 4.64. The Hall–Kier alpha value is -0.0800. The van der Waals surface area contributed by atoms with E-state index in [-0.39, 0.29) is 12.6 Å². The van der Waals surface area contributed by atoms with Crippen LogP contribution in [0.1, 0.15) is 20.3 Å². The molecule has 50 valence electrons. The van der Waals surface area contributed by atoms with Gasteiger partial charge < -0.3 is 10.8 Å². The Bertz CT molecular complexity index is 48.5. The Kier molecular flexibility index (Phi) is 3.83.